The van der Waals surface area contributed by atoms with E-state index in [1.165, 1.54) is 18.0 Å². The fourth-order valence-corrected chi connectivity index (χ4v) is 3.42. The second-order valence-corrected chi connectivity index (χ2v) is 7.21. The van der Waals surface area contributed by atoms with Gasteiger partial charge >= 0.3 is 0 Å². The minimum atomic E-state index is -2.96. The van der Waals surface area contributed by atoms with Crippen LogP contribution in [0.1, 0.15) is 10.4 Å². The number of rotatable bonds is 5. The Hall–Kier alpha value is -1.21. The number of thioether (sulfide) groups is 1. The molecule has 0 saturated heterocycles. The monoisotopic (exact) mass is 288 g/mol. The largest absolute Gasteiger partial charge is 0.398 e. The lowest BCUT2D eigenvalue weighted by molar-refractivity contribution is 0.0963. The van der Waals surface area contributed by atoms with Crippen molar-refractivity contribution in [3.63, 3.8) is 0 Å². The van der Waals surface area contributed by atoms with Gasteiger partial charge in [0.1, 0.15) is 9.84 Å². The molecular formula is C11H16N2O3S2. The van der Waals surface area contributed by atoms with Gasteiger partial charge in [0.15, 0.2) is 0 Å². The maximum atomic E-state index is 11.4. The second kappa shape index (κ2) is 6.10. The number of benzene rings is 1. The Morgan fingerprint density at radius 1 is 1.44 bits per heavy atom. The number of carbonyl (C=O) groups excluding carboxylic acids is 1. The predicted octanol–water partition coefficient (Wildman–Crippen LogP) is 0.765. The molecule has 0 aliphatic heterocycles. The van der Waals surface area contributed by atoms with Gasteiger partial charge in [-0.25, -0.2) is 8.42 Å². The summed E-state index contributed by atoms with van der Waals surface area (Å²) in [5, 5.41) is 2.51. The first-order valence-electron chi connectivity index (χ1n) is 5.25. The summed E-state index contributed by atoms with van der Waals surface area (Å²) in [5.74, 6) is 0.353. The van der Waals surface area contributed by atoms with Gasteiger partial charge in [0.05, 0.1) is 5.75 Å². The lowest BCUT2D eigenvalue weighted by atomic mass is 10.2. The Morgan fingerprint density at radius 2 is 2.11 bits per heavy atom. The fourth-order valence-electron chi connectivity index (χ4n) is 1.27. The first kappa shape index (κ1) is 14.8. The summed E-state index contributed by atoms with van der Waals surface area (Å²) in [6, 6.07) is 4.98. The van der Waals surface area contributed by atoms with Crippen molar-refractivity contribution in [2.45, 2.75) is 4.90 Å². The van der Waals surface area contributed by atoms with E-state index in [0.29, 0.717) is 17.0 Å². The van der Waals surface area contributed by atoms with Crippen LogP contribution >= 0.6 is 11.8 Å². The van der Waals surface area contributed by atoms with Crippen LogP contribution in [0.15, 0.2) is 23.1 Å². The van der Waals surface area contributed by atoms with Gasteiger partial charge in [0, 0.05) is 35.2 Å². The Balaban J connectivity index is 2.71. The molecule has 1 amide bonds. The number of hydrogen-bond donors (Lipinski definition) is 2. The second-order valence-electron chi connectivity index (χ2n) is 3.81. The summed E-state index contributed by atoms with van der Waals surface area (Å²) in [6.07, 6.45) is 1.20. The molecule has 0 bridgehead atoms. The molecule has 1 aromatic carbocycles. The van der Waals surface area contributed by atoms with Crippen LogP contribution < -0.4 is 11.1 Å². The molecule has 0 fully saturated rings. The van der Waals surface area contributed by atoms with Gasteiger partial charge in [0.25, 0.3) is 5.91 Å². The normalized spacial score (nSPS) is 11.2. The third-order valence-corrected chi connectivity index (χ3v) is 4.51. The van der Waals surface area contributed by atoms with Crippen molar-refractivity contribution in [1.82, 2.24) is 5.32 Å². The lowest BCUT2D eigenvalue weighted by Gasteiger charge is -2.07. The summed E-state index contributed by atoms with van der Waals surface area (Å²) < 4.78 is 22.0. The van der Waals surface area contributed by atoms with E-state index >= 15 is 0 Å². The summed E-state index contributed by atoms with van der Waals surface area (Å²) >= 11 is 1.37. The Labute approximate surface area is 111 Å². The van der Waals surface area contributed by atoms with Crippen LogP contribution in [-0.4, -0.2) is 39.1 Å². The van der Waals surface area contributed by atoms with Crippen molar-refractivity contribution in [2.75, 3.05) is 30.5 Å². The highest BCUT2D eigenvalue weighted by Gasteiger charge is 2.08. The minimum Gasteiger partial charge on any atom is -0.398 e. The van der Waals surface area contributed by atoms with Crippen LogP contribution in [0, 0.1) is 0 Å². The van der Waals surface area contributed by atoms with E-state index in [1.807, 2.05) is 0 Å². The van der Waals surface area contributed by atoms with Gasteiger partial charge < -0.3 is 11.1 Å². The number of carbonyl (C=O) groups is 1. The van der Waals surface area contributed by atoms with Crippen LogP contribution in [0.2, 0.25) is 0 Å². The van der Waals surface area contributed by atoms with Crippen molar-refractivity contribution in [3.05, 3.63) is 23.8 Å². The molecule has 0 aromatic heterocycles. The highest BCUT2D eigenvalue weighted by Crippen LogP contribution is 2.26. The molecule has 0 aliphatic carbocycles. The molecule has 0 heterocycles. The van der Waals surface area contributed by atoms with Crippen molar-refractivity contribution < 1.29 is 13.2 Å². The van der Waals surface area contributed by atoms with Crippen molar-refractivity contribution in [1.29, 1.82) is 0 Å². The quantitative estimate of drug-likeness (QED) is 0.617. The summed E-state index contributed by atoms with van der Waals surface area (Å²) in [5.41, 5.74) is 6.78. The SMILES string of the molecule is CNC(=O)c1ccc(SCCS(C)(=O)=O)c(N)c1. The van der Waals surface area contributed by atoms with E-state index in [-0.39, 0.29) is 11.7 Å². The van der Waals surface area contributed by atoms with Crippen LogP contribution in [0.5, 0.6) is 0 Å². The Morgan fingerprint density at radius 3 is 2.61 bits per heavy atom. The van der Waals surface area contributed by atoms with Crippen molar-refractivity contribution >= 4 is 33.2 Å². The fraction of sp³-hybridized carbons (Fsp3) is 0.364. The van der Waals surface area contributed by atoms with Gasteiger partial charge in [-0.1, -0.05) is 0 Å². The van der Waals surface area contributed by atoms with Crippen LogP contribution in [0.4, 0.5) is 5.69 Å². The van der Waals surface area contributed by atoms with E-state index < -0.39 is 9.84 Å². The van der Waals surface area contributed by atoms with Crippen LogP contribution in [0.3, 0.4) is 0 Å². The molecule has 100 valence electrons. The predicted molar refractivity (Wildman–Crippen MR) is 74.7 cm³/mol. The molecule has 5 nitrogen and oxygen atoms in total. The smallest absolute Gasteiger partial charge is 0.251 e. The van der Waals surface area contributed by atoms with E-state index in [2.05, 4.69) is 5.32 Å². The topological polar surface area (TPSA) is 89.3 Å². The molecule has 0 saturated carbocycles. The lowest BCUT2D eigenvalue weighted by Crippen LogP contribution is -2.17. The number of anilines is 1. The summed E-state index contributed by atoms with van der Waals surface area (Å²) in [6.45, 7) is 0. The molecule has 0 radical (unpaired) electrons. The number of nitrogens with one attached hydrogen (secondary N) is 1. The molecule has 0 aliphatic rings. The molecular weight excluding hydrogens is 272 g/mol. The Bertz CT molecular complexity index is 541. The summed E-state index contributed by atoms with van der Waals surface area (Å²) in [7, 11) is -1.41. The van der Waals surface area contributed by atoms with Crippen LogP contribution in [-0.2, 0) is 9.84 Å². The molecule has 1 aromatic rings. The van der Waals surface area contributed by atoms with Gasteiger partial charge in [-0.15, -0.1) is 11.8 Å². The maximum Gasteiger partial charge on any atom is 0.251 e. The zero-order chi connectivity index (χ0) is 13.8. The highest BCUT2D eigenvalue weighted by molar-refractivity contribution is 8.00. The third-order valence-electron chi connectivity index (χ3n) is 2.21. The van der Waals surface area contributed by atoms with Gasteiger partial charge in [-0.05, 0) is 18.2 Å². The number of nitrogens with two attached hydrogens (primary N) is 1. The van der Waals surface area contributed by atoms with Gasteiger partial charge in [-0.2, -0.15) is 0 Å². The van der Waals surface area contributed by atoms with Crippen LogP contribution in [0.25, 0.3) is 0 Å². The zero-order valence-corrected chi connectivity index (χ0v) is 11.9. The molecule has 7 heteroatoms. The average Bonchev–Trinajstić information content (AvgIpc) is 2.28. The molecule has 0 atom stereocenters. The van der Waals surface area contributed by atoms with Crippen molar-refractivity contribution in [3.8, 4) is 0 Å². The van der Waals surface area contributed by atoms with E-state index in [1.54, 1.807) is 25.2 Å². The third kappa shape index (κ3) is 4.58. The maximum absolute atomic E-state index is 11.4. The van der Waals surface area contributed by atoms with E-state index in [0.717, 1.165) is 4.90 Å². The molecule has 3 N–H and O–H groups in total. The minimum absolute atomic E-state index is 0.105. The molecule has 1 rings (SSSR count). The van der Waals surface area contributed by atoms with Gasteiger partial charge in [-0.3, -0.25) is 4.79 Å². The first-order chi connectivity index (χ1) is 8.33. The van der Waals surface area contributed by atoms with Crippen molar-refractivity contribution in [2.24, 2.45) is 0 Å². The first-order valence-corrected chi connectivity index (χ1v) is 8.30. The Kier molecular flexibility index (Phi) is 5.03. The highest BCUT2D eigenvalue weighted by atomic mass is 32.2. The van der Waals surface area contributed by atoms with E-state index in [4.69, 9.17) is 5.73 Å². The number of sulfone groups is 1. The molecule has 18 heavy (non-hydrogen) atoms. The number of nitrogen functional groups attached to an aromatic ring is 1. The van der Waals surface area contributed by atoms with E-state index in [9.17, 15) is 13.2 Å². The number of amides is 1. The number of hydrogen-bond acceptors (Lipinski definition) is 5. The average molecular weight is 288 g/mol. The molecule has 0 unspecified atom stereocenters. The molecule has 0 spiro atoms. The van der Waals surface area contributed by atoms with Gasteiger partial charge in [0.2, 0.25) is 0 Å². The standard InChI is InChI=1S/C11H16N2O3S2/c1-13-11(14)8-3-4-10(9(12)7-8)17-5-6-18(2,15)16/h3-4,7H,5-6,12H2,1-2H3,(H,13,14). The summed E-state index contributed by atoms with van der Waals surface area (Å²) in [4.78, 5) is 12.2. The zero-order valence-electron chi connectivity index (χ0n) is 10.3.